The van der Waals surface area contributed by atoms with E-state index in [1.807, 2.05) is 12.1 Å². The average molecular weight is 312 g/mol. The molecule has 6 heteroatoms. The van der Waals surface area contributed by atoms with Crippen LogP contribution in [-0.4, -0.2) is 27.7 Å². The predicted octanol–water partition coefficient (Wildman–Crippen LogP) is 1.52. The van der Waals surface area contributed by atoms with Crippen LogP contribution < -0.4 is 10.5 Å². The van der Waals surface area contributed by atoms with Crippen LogP contribution in [0.2, 0.25) is 0 Å². The highest BCUT2D eigenvalue weighted by Crippen LogP contribution is 2.20. The van der Waals surface area contributed by atoms with E-state index >= 15 is 0 Å². The molecule has 1 aliphatic rings. The second kappa shape index (κ2) is 7.89. The van der Waals surface area contributed by atoms with Crippen molar-refractivity contribution in [3.63, 3.8) is 0 Å². The number of benzene rings is 1. The predicted molar refractivity (Wildman–Crippen MR) is 83.2 cm³/mol. The molecule has 0 aromatic heterocycles. The topological polar surface area (TPSA) is 81.4 Å². The summed E-state index contributed by atoms with van der Waals surface area (Å²) >= 11 is 0. The second-order valence-electron chi connectivity index (χ2n) is 5.45. The van der Waals surface area contributed by atoms with Gasteiger partial charge in [0, 0.05) is 13.1 Å². The molecule has 0 radical (unpaired) electrons. The van der Waals surface area contributed by atoms with E-state index in [-0.39, 0.29) is 5.75 Å². The van der Waals surface area contributed by atoms with Crippen LogP contribution in [0.4, 0.5) is 0 Å². The fourth-order valence-electron chi connectivity index (χ4n) is 2.52. The second-order valence-corrected chi connectivity index (χ2v) is 7.26. The van der Waals surface area contributed by atoms with Gasteiger partial charge in [-0.05, 0) is 24.0 Å². The van der Waals surface area contributed by atoms with Gasteiger partial charge in [0.25, 0.3) is 0 Å². The number of sulfonamides is 1. The van der Waals surface area contributed by atoms with E-state index in [9.17, 15) is 8.42 Å². The summed E-state index contributed by atoms with van der Waals surface area (Å²) in [6.45, 7) is 1.24. The Morgan fingerprint density at radius 1 is 1.14 bits per heavy atom. The van der Waals surface area contributed by atoms with Crippen molar-refractivity contribution in [2.45, 2.75) is 44.1 Å². The van der Waals surface area contributed by atoms with E-state index in [0.29, 0.717) is 25.8 Å². The number of nitrogens with one attached hydrogen (secondary N) is 1. The zero-order valence-electron chi connectivity index (χ0n) is 12.3. The van der Waals surface area contributed by atoms with Crippen LogP contribution in [0.5, 0.6) is 0 Å². The van der Waals surface area contributed by atoms with Crippen molar-refractivity contribution in [3.8, 4) is 0 Å². The van der Waals surface area contributed by atoms with Crippen LogP contribution in [0.1, 0.15) is 36.8 Å². The van der Waals surface area contributed by atoms with E-state index < -0.39 is 10.0 Å². The van der Waals surface area contributed by atoms with E-state index in [0.717, 1.165) is 24.0 Å². The first-order chi connectivity index (χ1) is 10.1. The summed E-state index contributed by atoms with van der Waals surface area (Å²) in [5.74, 6) is -0.0126. The number of rotatable bonds is 8. The Hall–Kier alpha value is -0.950. The molecule has 2 rings (SSSR count). The monoisotopic (exact) mass is 312 g/mol. The van der Waals surface area contributed by atoms with Crippen LogP contribution in [0.3, 0.4) is 0 Å². The third-order valence-electron chi connectivity index (χ3n) is 3.70. The van der Waals surface area contributed by atoms with Gasteiger partial charge in [0.15, 0.2) is 0 Å². The number of ether oxygens (including phenoxy) is 1. The van der Waals surface area contributed by atoms with Gasteiger partial charge < -0.3 is 10.5 Å². The first-order valence-corrected chi connectivity index (χ1v) is 9.11. The maximum Gasteiger partial charge on any atom is 0.215 e. The summed E-state index contributed by atoms with van der Waals surface area (Å²) in [7, 11) is -3.31. The minimum atomic E-state index is -3.31. The largest absolute Gasteiger partial charge is 0.377 e. The van der Waals surface area contributed by atoms with Crippen molar-refractivity contribution in [3.05, 3.63) is 35.4 Å². The molecule has 5 nitrogen and oxygen atoms in total. The smallest absolute Gasteiger partial charge is 0.215 e. The molecule has 1 aromatic carbocycles. The van der Waals surface area contributed by atoms with Gasteiger partial charge in [-0.2, -0.15) is 0 Å². The lowest BCUT2D eigenvalue weighted by molar-refractivity contribution is 0.0626. The maximum atomic E-state index is 12.0. The molecule has 1 saturated carbocycles. The molecule has 3 N–H and O–H groups in total. The molecular weight excluding hydrogens is 288 g/mol. The van der Waals surface area contributed by atoms with E-state index in [2.05, 4.69) is 4.72 Å². The minimum absolute atomic E-state index is 0.0126. The van der Waals surface area contributed by atoms with Gasteiger partial charge in [-0.3, -0.25) is 0 Å². The SMILES string of the molecule is NCc1ccc(CS(=O)(=O)NCCOC2CCCC2)cc1. The Kier molecular flexibility index (Phi) is 6.17. The summed E-state index contributed by atoms with van der Waals surface area (Å²) < 4.78 is 32.1. The molecule has 1 aromatic rings. The standard InChI is InChI=1S/C15H24N2O3S/c16-11-13-5-7-14(8-6-13)12-21(18,19)17-9-10-20-15-3-1-2-4-15/h5-8,15,17H,1-4,9-12,16H2. The Morgan fingerprint density at radius 3 is 2.38 bits per heavy atom. The third-order valence-corrected chi connectivity index (χ3v) is 5.05. The average Bonchev–Trinajstić information content (AvgIpc) is 2.97. The highest BCUT2D eigenvalue weighted by Gasteiger charge is 2.16. The summed E-state index contributed by atoms with van der Waals surface area (Å²) in [5, 5.41) is 0. The lowest BCUT2D eigenvalue weighted by Crippen LogP contribution is -2.29. The summed E-state index contributed by atoms with van der Waals surface area (Å²) in [6, 6.07) is 7.31. The molecule has 0 atom stereocenters. The van der Waals surface area contributed by atoms with Gasteiger partial charge in [-0.15, -0.1) is 0 Å². The first-order valence-electron chi connectivity index (χ1n) is 7.46. The van der Waals surface area contributed by atoms with Gasteiger partial charge in [0.2, 0.25) is 10.0 Å². The van der Waals surface area contributed by atoms with Crippen molar-refractivity contribution in [2.24, 2.45) is 5.73 Å². The number of hydrogen-bond acceptors (Lipinski definition) is 4. The van der Waals surface area contributed by atoms with Gasteiger partial charge in [0.1, 0.15) is 0 Å². The van der Waals surface area contributed by atoms with Crippen LogP contribution in [0, 0.1) is 0 Å². The fourth-order valence-corrected chi connectivity index (χ4v) is 3.65. The third kappa shape index (κ3) is 5.74. The number of hydrogen-bond donors (Lipinski definition) is 2. The van der Waals surface area contributed by atoms with Gasteiger partial charge in [0.05, 0.1) is 18.5 Å². The lowest BCUT2D eigenvalue weighted by atomic mass is 10.1. The summed E-state index contributed by atoms with van der Waals surface area (Å²) in [6.07, 6.45) is 4.95. The molecule has 21 heavy (non-hydrogen) atoms. The van der Waals surface area contributed by atoms with Crippen molar-refractivity contribution in [1.82, 2.24) is 4.72 Å². The van der Waals surface area contributed by atoms with Gasteiger partial charge in [-0.25, -0.2) is 13.1 Å². The quantitative estimate of drug-likeness (QED) is 0.713. The van der Waals surface area contributed by atoms with Crippen LogP contribution >= 0.6 is 0 Å². The van der Waals surface area contributed by atoms with Crippen molar-refractivity contribution in [1.29, 1.82) is 0 Å². The van der Waals surface area contributed by atoms with E-state index in [1.54, 1.807) is 12.1 Å². The van der Waals surface area contributed by atoms with Crippen molar-refractivity contribution in [2.75, 3.05) is 13.2 Å². The molecule has 1 fully saturated rings. The van der Waals surface area contributed by atoms with Crippen LogP contribution in [0.25, 0.3) is 0 Å². The highest BCUT2D eigenvalue weighted by molar-refractivity contribution is 7.88. The molecule has 0 heterocycles. The molecule has 0 bridgehead atoms. The molecule has 118 valence electrons. The van der Waals surface area contributed by atoms with E-state index in [4.69, 9.17) is 10.5 Å². The Morgan fingerprint density at radius 2 is 1.76 bits per heavy atom. The summed E-state index contributed by atoms with van der Waals surface area (Å²) in [4.78, 5) is 0. The van der Waals surface area contributed by atoms with Crippen LogP contribution in [0.15, 0.2) is 24.3 Å². The highest BCUT2D eigenvalue weighted by atomic mass is 32.2. The molecule has 1 aliphatic carbocycles. The Bertz CT molecular complexity index is 522. The Labute approximate surface area is 126 Å². The molecule has 0 saturated heterocycles. The van der Waals surface area contributed by atoms with E-state index in [1.165, 1.54) is 12.8 Å². The lowest BCUT2D eigenvalue weighted by Gasteiger charge is -2.12. The van der Waals surface area contributed by atoms with Crippen LogP contribution in [-0.2, 0) is 27.1 Å². The molecular formula is C15H24N2O3S. The fraction of sp³-hybridized carbons (Fsp3) is 0.600. The zero-order valence-corrected chi connectivity index (χ0v) is 13.1. The van der Waals surface area contributed by atoms with Gasteiger partial charge >= 0.3 is 0 Å². The molecule has 0 aliphatic heterocycles. The molecule has 0 amide bonds. The minimum Gasteiger partial charge on any atom is -0.377 e. The van der Waals surface area contributed by atoms with Gasteiger partial charge in [-0.1, -0.05) is 37.1 Å². The normalized spacial score (nSPS) is 16.4. The summed E-state index contributed by atoms with van der Waals surface area (Å²) in [5.41, 5.74) is 7.27. The van der Waals surface area contributed by atoms with Crippen molar-refractivity contribution >= 4 is 10.0 Å². The maximum absolute atomic E-state index is 12.0. The molecule has 0 spiro atoms. The Balaban J connectivity index is 1.72. The zero-order chi connectivity index (χ0) is 15.1. The first kappa shape index (κ1) is 16.4. The number of nitrogens with two attached hydrogens (primary N) is 1. The molecule has 0 unspecified atom stereocenters. The van der Waals surface area contributed by atoms with Crippen molar-refractivity contribution < 1.29 is 13.2 Å².